The molecule has 3 heterocycles. The molecule has 2 fully saturated rings. The molecule has 2 saturated heterocycles. The maximum absolute atomic E-state index is 13.6. The van der Waals surface area contributed by atoms with E-state index in [9.17, 15) is 24.9 Å². The standard InChI is InChI=1S/C27H32N8O3/c1-33(2)26(37)20(15-29)25(31-21-10-7-8-19-18(14-28)16-30-24(19)21)32-22-9-3-4-13-35(27(22)38)17-23(36)34-11-5-6-12-34/h7-8,10,16,22,30-32H,3-6,9,11-13,17H2,1-2H3/b25-20+/t22-/m0/s1. The summed E-state index contributed by atoms with van der Waals surface area (Å²) in [5, 5.41) is 26.3. The summed E-state index contributed by atoms with van der Waals surface area (Å²) >= 11 is 0. The van der Waals surface area contributed by atoms with Gasteiger partial charge in [0.2, 0.25) is 11.8 Å². The number of fused-ring (bicyclic) bond motifs is 1. The maximum Gasteiger partial charge on any atom is 0.267 e. The largest absolute Gasteiger partial charge is 0.359 e. The highest BCUT2D eigenvalue weighted by atomic mass is 16.2. The Morgan fingerprint density at radius 1 is 1.13 bits per heavy atom. The van der Waals surface area contributed by atoms with Crippen LogP contribution >= 0.6 is 0 Å². The number of carbonyl (C=O) groups is 3. The lowest BCUT2D eigenvalue weighted by atomic mass is 10.1. The van der Waals surface area contributed by atoms with Crippen molar-refractivity contribution in [3.8, 4) is 12.1 Å². The molecule has 11 heteroatoms. The molecule has 3 N–H and O–H groups in total. The first-order valence-corrected chi connectivity index (χ1v) is 12.8. The number of para-hydroxylation sites is 1. The highest BCUT2D eigenvalue weighted by molar-refractivity contribution is 6.00. The third-order valence-corrected chi connectivity index (χ3v) is 6.96. The molecule has 1 atom stereocenters. The second kappa shape index (κ2) is 11.7. The Balaban J connectivity index is 1.65. The highest BCUT2D eigenvalue weighted by Gasteiger charge is 2.32. The first-order chi connectivity index (χ1) is 18.3. The summed E-state index contributed by atoms with van der Waals surface area (Å²) in [7, 11) is 3.09. The van der Waals surface area contributed by atoms with Gasteiger partial charge < -0.3 is 30.3 Å². The molecule has 3 amide bonds. The fourth-order valence-electron chi connectivity index (χ4n) is 4.89. The monoisotopic (exact) mass is 516 g/mol. The van der Waals surface area contributed by atoms with E-state index in [4.69, 9.17) is 0 Å². The van der Waals surface area contributed by atoms with Gasteiger partial charge in [-0.2, -0.15) is 10.5 Å². The van der Waals surface area contributed by atoms with Crippen molar-refractivity contribution >= 4 is 34.3 Å². The number of anilines is 1. The van der Waals surface area contributed by atoms with Gasteiger partial charge in [0.05, 0.1) is 23.3 Å². The summed E-state index contributed by atoms with van der Waals surface area (Å²) in [6.45, 7) is 1.93. The molecule has 0 bridgehead atoms. The molecular formula is C27H32N8O3. The molecule has 4 rings (SSSR count). The average Bonchev–Trinajstić information content (AvgIpc) is 3.57. The zero-order valence-electron chi connectivity index (χ0n) is 21.7. The van der Waals surface area contributed by atoms with Crippen molar-refractivity contribution in [2.45, 2.75) is 38.1 Å². The van der Waals surface area contributed by atoms with Crippen molar-refractivity contribution < 1.29 is 14.4 Å². The first kappa shape index (κ1) is 26.6. The minimum Gasteiger partial charge on any atom is -0.359 e. The quantitative estimate of drug-likeness (QED) is 0.376. The van der Waals surface area contributed by atoms with Crippen LogP contribution < -0.4 is 10.6 Å². The first-order valence-electron chi connectivity index (χ1n) is 12.8. The van der Waals surface area contributed by atoms with Crippen LogP contribution in [0.4, 0.5) is 5.69 Å². The van der Waals surface area contributed by atoms with Gasteiger partial charge in [-0.15, -0.1) is 0 Å². The molecule has 0 unspecified atom stereocenters. The second-order valence-electron chi connectivity index (χ2n) is 9.77. The van der Waals surface area contributed by atoms with E-state index >= 15 is 0 Å². The zero-order valence-corrected chi connectivity index (χ0v) is 21.7. The van der Waals surface area contributed by atoms with Gasteiger partial charge in [0.15, 0.2) is 5.57 Å². The molecule has 2 aromatic rings. The van der Waals surface area contributed by atoms with E-state index in [0.29, 0.717) is 35.1 Å². The van der Waals surface area contributed by atoms with Crippen LogP contribution in [0.3, 0.4) is 0 Å². The van der Waals surface area contributed by atoms with Crippen LogP contribution in [0.1, 0.15) is 37.7 Å². The lowest BCUT2D eigenvalue weighted by molar-refractivity contribution is -0.140. The summed E-state index contributed by atoms with van der Waals surface area (Å²) in [6, 6.07) is 8.70. The summed E-state index contributed by atoms with van der Waals surface area (Å²) in [4.78, 5) is 47.0. The molecule has 0 saturated carbocycles. The van der Waals surface area contributed by atoms with Crippen LogP contribution in [0.2, 0.25) is 0 Å². The van der Waals surface area contributed by atoms with Crippen LogP contribution in [-0.4, -0.2) is 83.7 Å². The summed E-state index contributed by atoms with van der Waals surface area (Å²) in [5.41, 5.74) is 1.44. The van der Waals surface area contributed by atoms with E-state index < -0.39 is 11.9 Å². The predicted molar refractivity (Wildman–Crippen MR) is 141 cm³/mol. The Bertz CT molecular complexity index is 1340. The van der Waals surface area contributed by atoms with Gasteiger partial charge in [-0.25, -0.2) is 0 Å². The molecule has 198 valence electrons. The molecule has 0 radical (unpaired) electrons. The molecule has 2 aliphatic rings. The van der Waals surface area contributed by atoms with Crippen molar-refractivity contribution in [2.24, 2.45) is 0 Å². The fourth-order valence-corrected chi connectivity index (χ4v) is 4.89. The van der Waals surface area contributed by atoms with Gasteiger partial charge in [-0.1, -0.05) is 12.1 Å². The Morgan fingerprint density at radius 3 is 2.55 bits per heavy atom. The van der Waals surface area contributed by atoms with E-state index in [-0.39, 0.29) is 29.8 Å². The van der Waals surface area contributed by atoms with Gasteiger partial charge >= 0.3 is 0 Å². The SMILES string of the molecule is CN(C)C(=O)/C(C#N)=C(\Nc1cccc2c(C#N)c[nH]c12)N[C@H]1CCCCN(CC(=O)N2CCCC2)C1=O. The summed E-state index contributed by atoms with van der Waals surface area (Å²) in [6.07, 6.45) is 5.52. The summed E-state index contributed by atoms with van der Waals surface area (Å²) < 4.78 is 0. The smallest absolute Gasteiger partial charge is 0.267 e. The second-order valence-corrected chi connectivity index (χ2v) is 9.77. The Kier molecular flexibility index (Phi) is 8.17. The van der Waals surface area contributed by atoms with Crippen molar-refractivity contribution in [3.05, 3.63) is 41.4 Å². The number of carbonyl (C=O) groups excluding carboxylic acids is 3. The van der Waals surface area contributed by atoms with Crippen molar-refractivity contribution in [2.75, 3.05) is 45.6 Å². The molecular weight excluding hydrogens is 484 g/mol. The number of rotatable bonds is 7. The number of aromatic nitrogens is 1. The van der Waals surface area contributed by atoms with Gasteiger partial charge in [-0.05, 0) is 38.2 Å². The van der Waals surface area contributed by atoms with E-state index in [1.54, 1.807) is 48.3 Å². The van der Waals surface area contributed by atoms with Crippen LogP contribution in [0.5, 0.6) is 0 Å². The number of benzene rings is 1. The number of hydrogen-bond acceptors (Lipinski definition) is 7. The minimum atomic E-state index is -0.734. The van der Waals surface area contributed by atoms with E-state index in [0.717, 1.165) is 38.8 Å². The maximum atomic E-state index is 13.6. The Labute approximate surface area is 221 Å². The third kappa shape index (κ3) is 5.57. The van der Waals surface area contributed by atoms with E-state index in [1.807, 2.05) is 6.07 Å². The molecule has 1 aromatic heterocycles. The molecule has 0 spiro atoms. The minimum absolute atomic E-state index is 0.0178. The number of nitrogens with zero attached hydrogens (tertiary/aromatic N) is 5. The van der Waals surface area contributed by atoms with Crippen LogP contribution in [0.15, 0.2) is 35.8 Å². The predicted octanol–water partition coefficient (Wildman–Crippen LogP) is 1.87. The van der Waals surface area contributed by atoms with Gasteiger partial charge in [0.25, 0.3) is 5.91 Å². The molecule has 38 heavy (non-hydrogen) atoms. The molecule has 1 aromatic carbocycles. The lowest BCUT2D eigenvalue weighted by Crippen LogP contribution is -2.49. The number of likely N-dealkylation sites (N-methyl/N-ethyl adjacent to an activating group) is 1. The van der Waals surface area contributed by atoms with Crippen molar-refractivity contribution in [1.29, 1.82) is 10.5 Å². The van der Waals surface area contributed by atoms with E-state index in [1.165, 1.54) is 4.90 Å². The van der Waals surface area contributed by atoms with Crippen LogP contribution in [0, 0.1) is 22.7 Å². The normalized spacial score (nSPS) is 18.3. The van der Waals surface area contributed by atoms with E-state index in [2.05, 4.69) is 21.7 Å². The lowest BCUT2D eigenvalue weighted by Gasteiger charge is -2.28. The summed E-state index contributed by atoms with van der Waals surface area (Å²) in [5.74, 6) is -0.731. The Hall–Kier alpha value is -4.51. The van der Waals surface area contributed by atoms with Crippen molar-refractivity contribution in [3.63, 3.8) is 0 Å². The highest BCUT2D eigenvalue weighted by Crippen LogP contribution is 2.27. The zero-order chi connectivity index (χ0) is 27.2. The number of H-pyrrole nitrogens is 1. The number of aromatic amines is 1. The van der Waals surface area contributed by atoms with Gasteiger partial charge in [-0.3, -0.25) is 14.4 Å². The topological polar surface area (TPSA) is 148 Å². The molecule has 0 aliphatic carbocycles. The van der Waals surface area contributed by atoms with Crippen LogP contribution in [-0.2, 0) is 14.4 Å². The number of nitrogens with one attached hydrogen (secondary N) is 3. The Morgan fingerprint density at radius 2 is 1.87 bits per heavy atom. The number of likely N-dealkylation sites (tertiary alicyclic amines) is 2. The third-order valence-electron chi connectivity index (χ3n) is 6.96. The number of nitriles is 2. The van der Waals surface area contributed by atoms with Crippen LogP contribution in [0.25, 0.3) is 10.9 Å². The van der Waals surface area contributed by atoms with Gasteiger partial charge in [0.1, 0.15) is 24.0 Å². The average molecular weight is 517 g/mol. The van der Waals surface area contributed by atoms with Gasteiger partial charge in [0, 0.05) is 45.3 Å². The fraction of sp³-hybridized carbons (Fsp3) is 0.444. The molecule has 11 nitrogen and oxygen atoms in total. The number of amides is 3. The molecule has 2 aliphatic heterocycles. The number of hydrogen-bond donors (Lipinski definition) is 3. The van der Waals surface area contributed by atoms with Crippen molar-refractivity contribution in [1.82, 2.24) is 25.0 Å².